The number of halogens is 1. The third-order valence-corrected chi connectivity index (χ3v) is 6.36. The fourth-order valence-electron chi connectivity index (χ4n) is 4.46. The molecule has 0 radical (unpaired) electrons. The van der Waals surface area contributed by atoms with Crippen LogP contribution in [-0.4, -0.2) is 54.0 Å². The Morgan fingerprint density at radius 3 is 2.67 bits per heavy atom. The number of pyridine rings is 1. The first-order valence-corrected chi connectivity index (χ1v) is 11.2. The minimum atomic E-state index is -0.532. The number of rotatable bonds is 5. The Morgan fingerprint density at radius 2 is 1.91 bits per heavy atom. The third-order valence-electron chi connectivity index (χ3n) is 6.36. The maximum absolute atomic E-state index is 14.2. The number of anilines is 1. The molecule has 2 fully saturated rings. The van der Waals surface area contributed by atoms with E-state index in [4.69, 9.17) is 4.74 Å². The molecule has 8 heteroatoms. The van der Waals surface area contributed by atoms with Gasteiger partial charge < -0.3 is 24.6 Å². The molecule has 2 heterocycles. The van der Waals surface area contributed by atoms with E-state index in [-0.39, 0.29) is 35.7 Å². The van der Waals surface area contributed by atoms with Gasteiger partial charge in [0, 0.05) is 42.0 Å². The van der Waals surface area contributed by atoms with E-state index < -0.39 is 5.82 Å². The maximum Gasteiger partial charge on any atom is 0.258 e. The van der Waals surface area contributed by atoms with E-state index in [9.17, 15) is 19.1 Å². The summed E-state index contributed by atoms with van der Waals surface area (Å²) in [5.74, 6) is -0.913. The lowest BCUT2D eigenvalue weighted by Gasteiger charge is -2.31. The van der Waals surface area contributed by atoms with Gasteiger partial charge in [-0.3, -0.25) is 9.59 Å². The summed E-state index contributed by atoms with van der Waals surface area (Å²) in [5, 5.41) is 13.6. The Morgan fingerprint density at radius 1 is 1.12 bits per heavy atom. The van der Waals surface area contributed by atoms with Crippen LogP contribution in [0, 0.1) is 5.82 Å². The van der Waals surface area contributed by atoms with E-state index >= 15 is 0 Å². The van der Waals surface area contributed by atoms with Gasteiger partial charge in [0.05, 0.1) is 25.9 Å². The number of aliphatic hydroxyl groups is 1. The minimum Gasteiger partial charge on any atom is -0.393 e. The van der Waals surface area contributed by atoms with E-state index in [1.807, 2.05) is 24.3 Å². The lowest BCUT2D eigenvalue weighted by molar-refractivity contribution is 0.0562. The largest absolute Gasteiger partial charge is 0.393 e. The van der Waals surface area contributed by atoms with Crippen molar-refractivity contribution in [2.45, 2.75) is 31.5 Å². The van der Waals surface area contributed by atoms with Crippen molar-refractivity contribution in [2.75, 3.05) is 31.2 Å². The van der Waals surface area contributed by atoms with Crippen molar-refractivity contribution in [3.05, 3.63) is 76.0 Å². The average molecular weight is 451 g/mol. The highest BCUT2D eigenvalue weighted by atomic mass is 19.1. The molecule has 1 saturated heterocycles. The number of aromatic nitrogens is 1. The third kappa shape index (κ3) is 4.62. The quantitative estimate of drug-likeness (QED) is 0.622. The standard InChI is InChI=1S/C25H26FN3O4/c26-19-10-16(9-18(11-19)24(31)27-20-13-22(30)14-20)15-29-4-3-17-12-21(1-2-23(17)25(29)32)28-5-7-33-8-6-28/h1-4,9-12,20,22,30H,5-8,13-15H2,(H,27,31). The van der Waals surface area contributed by atoms with Crippen LogP contribution in [-0.2, 0) is 11.3 Å². The van der Waals surface area contributed by atoms with Gasteiger partial charge in [-0.05, 0) is 66.3 Å². The number of nitrogens with one attached hydrogen (secondary N) is 1. The molecule has 1 amide bonds. The second kappa shape index (κ2) is 8.96. The first-order valence-electron chi connectivity index (χ1n) is 11.2. The van der Waals surface area contributed by atoms with E-state index in [0.717, 1.165) is 24.2 Å². The summed E-state index contributed by atoms with van der Waals surface area (Å²) in [6, 6.07) is 11.7. The van der Waals surface area contributed by atoms with Crippen molar-refractivity contribution in [3.8, 4) is 0 Å². The lowest BCUT2D eigenvalue weighted by atomic mass is 9.89. The Labute approximate surface area is 190 Å². The molecular formula is C25H26FN3O4. The summed E-state index contributed by atoms with van der Waals surface area (Å²) in [7, 11) is 0. The van der Waals surface area contributed by atoms with Crippen molar-refractivity contribution in [2.24, 2.45) is 0 Å². The second-order valence-corrected chi connectivity index (χ2v) is 8.76. The van der Waals surface area contributed by atoms with Crippen LogP contribution in [0.25, 0.3) is 10.8 Å². The van der Waals surface area contributed by atoms with E-state index in [1.165, 1.54) is 16.7 Å². The predicted octanol–water partition coefficient (Wildman–Crippen LogP) is 2.28. The van der Waals surface area contributed by atoms with Crippen molar-refractivity contribution in [1.29, 1.82) is 0 Å². The normalized spacial score (nSPS) is 20.5. The summed E-state index contributed by atoms with van der Waals surface area (Å²) in [6.07, 6.45) is 2.33. The van der Waals surface area contributed by atoms with Crippen LogP contribution in [0.15, 0.2) is 53.5 Å². The van der Waals surface area contributed by atoms with Crippen molar-refractivity contribution in [3.63, 3.8) is 0 Å². The van der Waals surface area contributed by atoms with Gasteiger partial charge in [0.15, 0.2) is 0 Å². The van der Waals surface area contributed by atoms with Gasteiger partial charge in [0.2, 0.25) is 0 Å². The number of ether oxygens (including phenoxy) is 1. The van der Waals surface area contributed by atoms with Crippen LogP contribution in [0.5, 0.6) is 0 Å². The number of aliphatic hydroxyl groups excluding tert-OH is 1. The molecule has 0 spiro atoms. The zero-order valence-corrected chi connectivity index (χ0v) is 18.2. The van der Waals surface area contributed by atoms with Crippen LogP contribution in [0.4, 0.5) is 10.1 Å². The van der Waals surface area contributed by atoms with Crippen LogP contribution < -0.4 is 15.8 Å². The molecule has 0 unspecified atom stereocenters. The summed E-state index contributed by atoms with van der Waals surface area (Å²) in [6.45, 7) is 3.17. The van der Waals surface area contributed by atoms with Crippen molar-refractivity contribution in [1.82, 2.24) is 9.88 Å². The van der Waals surface area contributed by atoms with Gasteiger partial charge in [-0.2, -0.15) is 0 Å². The van der Waals surface area contributed by atoms with Gasteiger partial charge in [-0.25, -0.2) is 4.39 Å². The maximum atomic E-state index is 14.2. The molecule has 1 aliphatic carbocycles. The van der Waals surface area contributed by atoms with E-state index in [0.29, 0.717) is 37.0 Å². The summed E-state index contributed by atoms with van der Waals surface area (Å²) >= 11 is 0. The van der Waals surface area contributed by atoms with E-state index in [1.54, 1.807) is 12.3 Å². The Kier molecular flexibility index (Phi) is 5.86. The zero-order valence-electron chi connectivity index (χ0n) is 18.2. The SMILES string of the molecule is O=C(NC1CC(O)C1)c1cc(F)cc(Cn2ccc3cc(N4CCOCC4)ccc3c2=O)c1. The van der Waals surface area contributed by atoms with Gasteiger partial charge in [0.1, 0.15) is 5.82 Å². The molecule has 1 aromatic heterocycles. The molecule has 5 rings (SSSR count). The van der Waals surface area contributed by atoms with Gasteiger partial charge in [-0.15, -0.1) is 0 Å². The fraction of sp³-hybridized carbons (Fsp3) is 0.360. The molecule has 0 bridgehead atoms. The summed E-state index contributed by atoms with van der Waals surface area (Å²) in [4.78, 5) is 27.8. The number of hydrogen-bond donors (Lipinski definition) is 2. The molecule has 1 aliphatic heterocycles. The number of amides is 1. The van der Waals surface area contributed by atoms with E-state index in [2.05, 4.69) is 10.2 Å². The van der Waals surface area contributed by atoms with Gasteiger partial charge in [-0.1, -0.05) is 0 Å². The number of morpholine rings is 1. The number of fused-ring (bicyclic) bond motifs is 1. The molecule has 3 aromatic rings. The molecule has 1 saturated carbocycles. The fourth-order valence-corrected chi connectivity index (χ4v) is 4.46. The van der Waals surface area contributed by atoms with Crippen LogP contribution >= 0.6 is 0 Å². The van der Waals surface area contributed by atoms with Gasteiger partial charge >= 0.3 is 0 Å². The Bertz CT molecular complexity index is 1250. The topological polar surface area (TPSA) is 83.8 Å². The zero-order chi connectivity index (χ0) is 22.9. The first-order chi connectivity index (χ1) is 16.0. The highest BCUT2D eigenvalue weighted by Crippen LogP contribution is 2.22. The number of nitrogens with zero attached hydrogens (tertiary/aromatic N) is 2. The predicted molar refractivity (Wildman–Crippen MR) is 123 cm³/mol. The monoisotopic (exact) mass is 451 g/mol. The van der Waals surface area contributed by atoms with Gasteiger partial charge in [0.25, 0.3) is 11.5 Å². The molecule has 2 aromatic carbocycles. The minimum absolute atomic E-state index is 0.0929. The number of carbonyl (C=O) groups excluding carboxylic acids is 1. The molecule has 2 N–H and O–H groups in total. The first kappa shape index (κ1) is 21.6. The molecule has 2 aliphatic rings. The summed E-state index contributed by atoms with van der Waals surface area (Å²) < 4.78 is 21.2. The Hall–Kier alpha value is -3.23. The van der Waals surface area contributed by atoms with Crippen molar-refractivity contribution < 1.29 is 19.0 Å². The smallest absolute Gasteiger partial charge is 0.258 e. The van der Waals surface area contributed by atoms with Crippen LogP contribution in [0.1, 0.15) is 28.8 Å². The number of benzene rings is 2. The molecular weight excluding hydrogens is 425 g/mol. The Balaban J connectivity index is 1.37. The lowest BCUT2D eigenvalue weighted by Crippen LogP contribution is -2.46. The second-order valence-electron chi connectivity index (χ2n) is 8.76. The van der Waals surface area contributed by atoms with Crippen LogP contribution in [0.2, 0.25) is 0 Å². The highest BCUT2D eigenvalue weighted by molar-refractivity contribution is 5.94. The number of hydrogen-bond acceptors (Lipinski definition) is 5. The summed E-state index contributed by atoms with van der Waals surface area (Å²) in [5.41, 5.74) is 1.62. The molecule has 0 atom stereocenters. The van der Waals surface area contributed by atoms with Crippen molar-refractivity contribution >= 4 is 22.4 Å². The van der Waals surface area contributed by atoms with Crippen LogP contribution in [0.3, 0.4) is 0 Å². The molecule has 7 nitrogen and oxygen atoms in total. The molecule has 172 valence electrons. The molecule has 33 heavy (non-hydrogen) atoms. The number of carbonyl (C=O) groups is 1. The highest BCUT2D eigenvalue weighted by Gasteiger charge is 2.28. The average Bonchev–Trinajstić information content (AvgIpc) is 2.80.